The van der Waals surface area contributed by atoms with Crippen molar-refractivity contribution in [3.8, 4) is 0 Å². The van der Waals surface area contributed by atoms with Crippen LogP contribution < -0.4 is 10.6 Å². The van der Waals surface area contributed by atoms with Crippen LogP contribution in [-0.4, -0.2) is 43.7 Å². The van der Waals surface area contributed by atoms with Crippen molar-refractivity contribution in [2.75, 3.05) is 18.0 Å². The third kappa shape index (κ3) is 4.19. The average Bonchev–Trinajstić information content (AvgIpc) is 3.44. The van der Waals surface area contributed by atoms with Crippen LogP contribution in [0, 0.1) is 0 Å². The predicted octanol–water partition coefficient (Wildman–Crippen LogP) is 3.86. The Hall–Kier alpha value is -4.07. The van der Waals surface area contributed by atoms with Gasteiger partial charge in [-0.15, -0.1) is 0 Å². The van der Waals surface area contributed by atoms with Crippen LogP contribution in [0.1, 0.15) is 23.6 Å². The molecule has 1 saturated heterocycles. The van der Waals surface area contributed by atoms with Gasteiger partial charge in [-0.1, -0.05) is 60.7 Å². The Morgan fingerprint density at radius 3 is 2.24 bits per heavy atom. The Morgan fingerprint density at radius 1 is 1.03 bits per heavy atom. The molecule has 8 nitrogen and oxygen atoms in total. The molecule has 5 rings (SSSR count). The summed E-state index contributed by atoms with van der Waals surface area (Å²) in [4.78, 5) is 35.5. The summed E-state index contributed by atoms with van der Waals surface area (Å²) in [5.74, 6) is 0.698. The number of amides is 1. The zero-order valence-corrected chi connectivity index (χ0v) is 18.1. The molecule has 0 spiro atoms. The van der Waals surface area contributed by atoms with Crippen molar-refractivity contribution in [2.45, 2.75) is 25.6 Å². The number of imidazole rings is 1. The van der Waals surface area contributed by atoms with Gasteiger partial charge in [0.25, 0.3) is 0 Å². The number of nitrogens with zero attached hydrogens (tertiary/aromatic N) is 4. The van der Waals surface area contributed by atoms with Gasteiger partial charge in [0, 0.05) is 32.4 Å². The fourth-order valence-corrected chi connectivity index (χ4v) is 4.58. The van der Waals surface area contributed by atoms with Crippen molar-refractivity contribution in [2.24, 2.45) is 0 Å². The molecule has 1 atom stereocenters. The second kappa shape index (κ2) is 8.82. The number of hydrogen-bond acceptors (Lipinski definition) is 4. The van der Waals surface area contributed by atoms with Crippen molar-refractivity contribution in [3.63, 3.8) is 0 Å². The molecule has 1 aliphatic rings. The van der Waals surface area contributed by atoms with Gasteiger partial charge in [0.1, 0.15) is 5.52 Å². The smallest absolute Gasteiger partial charge is 0.407 e. The molecular formula is C25H25N5O3. The number of pyridine rings is 1. The maximum atomic E-state index is 13.0. The lowest BCUT2D eigenvalue weighted by atomic mass is 10.1. The Bertz CT molecular complexity index is 1270. The second-order valence-electron chi connectivity index (χ2n) is 8.33. The molecule has 2 aromatic carbocycles. The van der Waals surface area contributed by atoms with Crippen LogP contribution in [0.25, 0.3) is 11.0 Å². The first-order chi connectivity index (χ1) is 16.1. The van der Waals surface area contributed by atoms with Crippen molar-refractivity contribution in [1.29, 1.82) is 0 Å². The minimum Gasteiger partial charge on any atom is -0.465 e. The van der Waals surface area contributed by atoms with Crippen LogP contribution in [0.3, 0.4) is 0 Å². The zero-order valence-electron chi connectivity index (χ0n) is 18.1. The van der Waals surface area contributed by atoms with E-state index in [1.54, 1.807) is 10.8 Å². The molecule has 0 radical (unpaired) electrons. The van der Waals surface area contributed by atoms with Crippen LogP contribution in [0.2, 0.25) is 0 Å². The number of H-pyrrole nitrogens is 1. The van der Waals surface area contributed by atoms with Gasteiger partial charge in [-0.2, -0.15) is 0 Å². The number of hydrogen-bond donors (Lipinski definition) is 2. The highest BCUT2D eigenvalue weighted by atomic mass is 16.4. The van der Waals surface area contributed by atoms with Crippen LogP contribution in [-0.2, 0) is 13.1 Å². The van der Waals surface area contributed by atoms with Crippen molar-refractivity contribution < 1.29 is 9.90 Å². The summed E-state index contributed by atoms with van der Waals surface area (Å²) >= 11 is 0. The van der Waals surface area contributed by atoms with E-state index in [9.17, 15) is 14.7 Å². The van der Waals surface area contributed by atoms with Crippen LogP contribution in [0.15, 0.2) is 77.7 Å². The van der Waals surface area contributed by atoms with Crippen molar-refractivity contribution in [1.82, 2.24) is 19.4 Å². The minimum absolute atomic E-state index is 0.200. The summed E-state index contributed by atoms with van der Waals surface area (Å²) in [6.07, 6.45) is 1.37. The lowest BCUT2D eigenvalue weighted by Crippen LogP contribution is -2.29. The normalized spacial score (nSPS) is 15.8. The number of carboxylic acid groups (broad SMARTS) is 1. The monoisotopic (exact) mass is 443 g/mol. The maximum absolute atomic E-state index is 13.0. The molecule has 1 amide bonds. The van der Waals surface area contributed by atoms with Gasteiger partial charge in [0.05, 0.1) is 11.6 Å². The maximum Gasteiger partial charge on any atom is 0.407 e. The van der Waals surface area contributed by atoms with E-state index in [1.165, 1.54) is 4.90 Å². The van der Waals surface area contributed by atoms with Gasteiger partial charge in [-0.05, 0) is 23.6 Å². The number of aromatic amines is 1. The van der Waals surface area contributed by atoms with E-state index >= 15 is 0 Å². The number of benzene rings is 2. The number of anilines is 1. The fourth-order valence-electron chi connectivity index (χ4n) is 4.58. The molecular weight excluding hydrogens is 418 g/mol. The molecule has 0 saturated carbocycles. The van der Waals surface area contributed by atoms with Gasteiger partial charge in [-0.3, -0.25) is 4.57 Å². The summed E-state index contributed by atoms with van der Waals surface area (Å²) < 4.78 is 1.69. The lowest BCUT2D eigenvalue weighted by Gasteiger charge is -2.24. The highest BCUT2D eigenvalue weighted by Gasteiger charge is 2.30. The van der Waals surface area contributed by atoms with E-state index in [4.69, 9.17) is 0 Å². The molecule has 1 unspecified atom stereocenters. The predicted molar refractivity (Wildman–Crippen MR) is 126 cm³/mol. The molecule has 0 aliphatic carbocycles. The molecule has 168 valence electrons. The fraction of sp³-hybridized carbons (Fsp3) is 0.240. The Kier molecular flexibility index (Phi) is 5.56. The number of likely N-dealkylation sites (tertiary alicyclic amines) is 1. The SMILES string of the molecule is O=C(O)N1CCC(n2c(=O)[nH]c3c(N(Cc4ccccc4)Cc4ccccc4)nccc32)C1. The van der Waals surface area contributed by atoms with Gasteiger partial charge < -0.3 is 19.9 Å². The van der Waals surface area contributed by atoms with Crippen molar-refractivity contribution in [3.05, 3.63) is 94.5 Å². The largest absolute Gasteiger partial charge is 0.465 e. The molecule has 1 aliphatic heterocycles. The van der Waals surface area contributed by atoms with Gasteiger partial charge in [0.15, 0.2) is 5.82 Å². The lowest BCUT2D eigenvalue weighted by molar-refractivity contribution is 0.154. The van der Waals surface area contributed by atoms with Crippen LogP contribution in [0.4, 0.5) is 10.6 Å². The molecule has 0 bridgehead atoms. The highest BCUT2D eigenvalue weighted by Crippen LogP contribution is 2.29. The van der Waals surface area contributed by atoms with Gasteiger partial charge in [0.2, 0.25) is 0 Å². The number of rotatable bonds is 6. The first-order valence-corrected chi connectivity index (χ1v) is 11.0. The van der Waals surface area contributed by atoms with Gasteiger partial charge >= 0.3 is 11.8 Å². The summed E-state index contributed by atoms with van der Waals surface area (Å²) in [5.41, 5.74) is 3.45. The quantitative estimate of drug-likeness (QED) is 0.472. The average molecular weight is 444 g/mol. The summed E-state index contributed by atoms with van der Waals surface area (Å²) in [5, 5.41) is 9.32. The molecule has 8 heteroatoms. The van der Waals surface area contributed by atoms with E-state index in [0.29, 0.717) is 43.9 Å². The second-order valence-corrected chi connectivity index (χ2v) is 8.33. The number of fused-ring (bicyclic) bond motifs is 1. The third-order valence-electron chi connectivity index (χ3n) is 6.15. The number of carbonyl (C=O) groups is 1. The summed E-state index contributed by atoms with van der Waals surface area (Å²) in [7, 11) is 0. The summed E-state index contributed by atoms with van der Waals surface area (Å²) in [6, 6.07) is 21.9. The standard InChI is InChI=1S/C25H25N5O3/c31-24-27-22-21(30(24)20-12-14-28(17-20)25(32)33)11-13-26-23(22)29(15-18-7-3-1-4-8-18)16-19-9-5-2-6-10-19/h1-11,13,20H,12,14-17H2,(H,27,31)(H,32,33). The third-order valence-corrected chi connectivity index (χ3v) is 6.15. The summed E-state index contributed by atoms with van der Waals surface area (Å²) in [6.45, 7) is 1.99. The topological polar surface area (TPSA) is 94.5 Å². The number of nitrogens with one attached hydrogen (secondary N) is 1. The first-order valence-electron chi connectivity index (χ1n) is 11.0. The zero-order chi connectivity index (χ0) is 22.8. The number of aromatic nitrogens is 3. The Balaban J connectivity index is 1.56. The molecule has 2 aromatic heterocycles. The molecule has 3 heterocycles. The Morgan fingerprint density at radius 2 is 1.67 bits per heavy atom. The van der Waals surface area contributed by atoms with E-state index in [1.807, 2.05) is 42.5 Å². The van der Waals surface area contributed by atoms with Crippen LogP contribution in [0.5, 0.6) is 0 Å². The molecule has 2 N–H and O–H groups in total. The molecule has 1 fully saturated rings. The minimum atomic E-state index is -0.954. The van der Waals surface area contributed by atoms with E-state index in [2.05, 4.69) is 39.1 Å². The molecule has 4 aromatic rings. The van der Waals surface area contributed by atoms with Gasteiger partial charge in [-0.25, -0.2) is 14.6 Å². The van der Waals surface area contributed by atoms with E-state index < -0.39 is 6.09 Å². The van der Waals surface area contributed by atoms with Crippen LogP contribution >= 0.6 is 0 Å². The highest BCUT2D eigenvalue weighted by molar-refractivity contribution is 5.86. The first kappa shape index (κ1) is 20.8. The van der Waals surface area contributed by atoms with E-state index in [-0.39, 0.29) is 11.7 Å². The van der Waals surface area contributed by atoms with E-state index in [0.717, 1.165) is 16.6 Å². The van der Waals surface area contributed by atoms with Crippen molar-refractivity contribution >= 4 is 22.9 Å². The molecule has 33 heavy (non-hydrogen) atoms. The Labute approximate surface area is 190 Å².